The molecule has 17 heavy (non-hydrogen) atoms. The van der Waals surface area contributed by atoms with Gasteiger partial charge in [0.25, 0.3) is 0 Å². The minimum atomic E-state index is 0.497. The standard InChI is InChI=1S/C15H25NO/c1-11(2)14-9-13(6-5-12(3)10-16)7-8-15(14)17-4/h7-9,11-12H,5-6,10,16H2,1-4H3. The van der Waals surface area contributed by atoms with Crippen LogP contribution in [0.5, 0.6) is 5.75 Å². The van der Waals surface area contributed by atoms with Gasteiger partial charge in [-0.2, -0.15) is 0 Å². The van der Waals surface area contributed by atoms with Gasteiger partial charge in [-0.1, -0.05) is 32.9 Å². The van der Waals surface area contributed by atoms with Crippen LogP contribution in [0, 0.1) is 5.92 Å². The summed E-state index contributed by atoms with van der Waals surface area (Å²) >= 11 is 0. The number of methoxy groups -OCH3 is 1. The molecule has 0 amide bonds. The van der Waals surface area contributed by atoms with Crippen molar-refractivity contribution in [2.75, 3.05) is 13.7 Å². The Bertz CT molecular complexity index is 347. The van der Waals surface area contributed by atoms with Crippen LogP contribution in [-0.4, -0.2) is 13.7 Å². The lowest BCUT2D eigenvalue weighted by Crippen LogP contribution is -2.11. The van der Waals surface area contributed by atoms with Crippen LogP contribution in [0.15, 0.2) is 18.2 Å². The summed E-state index contributed by atoms with van der Waals surface area (Å²) in [6, 6.07) is 6.51. The van der Waals surface area contributed by atoms with E-state index in [0.717, 1.165) is 25.1 Å². The van der Waals surface area contributed by atoms with Gasteiger partial charge in [0, 0.05) is 0 Å². The van der Waals surface area contributed by atoms with Gasteiger partial charge in [0.1, 0.15) is 5.75 Å². The third-order valence-corrected chi connectivity index (χ3v) is 3.24. The largest absolute Gasteiger partial charge is 0.496 e. The Morgan fingerprint density at radius 1 is 1.24 bits per heavy atom. The van der Waals surface area contributed by atoms with Crippen LogP contribution in [-0.2, 0) is 6.42 Å². The van der Waals surface area contributed by atoms with Crippen LogP contribution in [0.1, 0.15) is 44.2 Å². The van der Waals surface area contributed by atoms with Crippen molar-refractivity contribution < 1.29 is 4.74 Å². The summed E-state index contributed by atoms with van der Waals surface area (Å²) in [6.07, 6.45) is 2.25. The zero-order valence-electron chi connectivity index (χ0n) is 11.5. The molecule has 0 bridgehead atoms. The molecule has 0 heterocycles. The summed E-state index contributed by atoms with van der Waals surface area (Å²) in [5, 5.41) is 0. The van der Waals surface area contributed by atoms with E-state index in [1.165, 1.54) is 11.1 Å². The minimum absolute atomic E-state index is 0.497. The van der Waals surface area contributed by atoms with Crippen LogP contribution >= 0.6 is 0 Å². The monoisotopic (exact) mass is 235 g/mol. The van der Waals surface area contributed by atoms with Gasteiger partial charge in [-0.25, -0.2) is 0 Å². The Kier molecular flexibility index (Phi) is 5.49. The van der Waals surface area contributed by atoms with Gasteiger partial charge in [-0.05, 0) is 48.4 Å². The normalized spacial score (nSPS) is 12.8. The maximum Gasteiger partial charge on any atom is 0.122 e. The van der Waals surface area contributed by atoms with Crippen molar-refractivity contribution in [3.63, 3.8) is 0 Å². The topological polar surface area (TPSA) is 35.2 Å². The molecule has 0 aliphatic rings. The number of hydrogen-bond donors (Lipinski definition) is 1. The van der Waals surface area contributed by atoms with Crippen LogP contribution in [0.2, 0.25) is 0 Å². The van der Waals surface area contributed by atoms with Crippen LogP contribution in [0.25, 0.3) is 0 Å². The highest BCUT2D eigenvalue weighted by atomic mass is 16.5. The Morgan fingerprint density at radius 2 is 1.94 bits per heavy atom. The third kappa shape index (κ3) is 4.04. The smallest absolute Gasteiger partial charge is 0.122 e. The molecular formula is C15H25NO. The molecule has 96 valence electrons. The van der Waals surface area contributed by atoms with E-state index in [4.69, 9.17) is 10.5 Å². The van der Waals surface area contributed by atoms with Crippen molar-refractivity contribution >= 4 is 0 Å². The first-order valence-corrected chi connectivity index (χ1v) is 6.45. The summed E-state index contributed by atoms with van der Waals surface area (Å²) < 4.78 is 5.39. The molecule has 1 aromatic rings. The summed E-state index contributed by atoms with van der Waals surface area (Å²) in [5.74, 6) is 2.09. The van der Waals surface area contributed by atoms with E-state index >= 15 is 0 Å². The average molecular weight is 235 g/mol. The summed E-state index contributed by atoms with van der Waals surface area (Å²) in [7, 11) is 1.73. The lowest BCUT2D eigenvalue weighted by atomic mass is 9.95. The van der Waals surface area contributed by atoms with E-state index in [0.29, 0.717) is 11.8 Å². The predicted octanol–water partition coefficient (Wildman–Crippen LogP) is 3.35. The van der Waals surface area contributed by atoms with Gasteiger partial charge in [-0.3, -0.25) is 0 Å². The molecule has 0 aliphatic heterocycles. The minimum Gasteiger partial charge on any atom is -0.496 e. The van der Waals surface area contributed by atoms with Crippen LogP contribution in [0.4, 0.5) is 0 Å². The van der Waals surface area contributed by atoms with Crippen molar-refractivity contribution in [2.45, 2.75) is 39.5 Å². The van der Waals surface area contributed by atoms with E-state index in [1.807, 2.05) is 0 Å². The zero-order valence-corrected chi connectivity index (χ0v) is 11.5. The second-order valence-corrected chi connectivity index (χ2v) is 5.11. The van der Waals surface area contributed by atoms with Crippen molar-refractivity contribution in [3.05, 3.63) is 29.3 Å². The van der Waals surface area contributed by atoms with Gasteiger partial charge in [0.05, 0.1) is 7.11 Å². The highest BCUT2D eigenvalue weighted by Gasteiger charge is 2.08. The van der Waals surface area contributed by atoms with E-state index in [9.17, 15) is 0 Å². The lowest BCUT2D eigenvalue weighted by Gasteiger charge is -2.14. The number of rotatable bonds is 6. The van der Waals surface area contributed by atoms with Crippen molar-refractivity contribution in [1.29, 1.82) is 0 Å². The molecule has 0 aromatic heterocycles. The molecule has 0 saturated heterocycles. The quantitative estimate of drug-likeness (QED) is 0.820. The highest BCUT2D eigenvalue weighted by Crippen LogP contribution is 2.27. The van der Waals surface area contributed by atoms with Crippen LogP contribution < -0.4 is 10.5 Å². The van der Waals surface area contributed by atoms with Gasteiger partial charge >= 0.3 is 0 Å². The summed E-state index contributed by atoms with van der Waals surface area (Å²) in [4.78, 5) is 0. The second kappa shape index (κ2) is 6.65. The first-order valence-electron chi connectivity index (χ1n) is 6.45. The Balaban J connectivity index is 2.78. The molecule has 2 heteroatoms. The number of nitrogens with two attached hydrogens (primary N) is 1. The van der Waals surface area contributed by atoms with E-state index < -0.39 is 0 Å². The maximum absolute atomic E-state index is 5.64. The molecule has 0 aliphatic carbocycles. The molecule has 2 N–H and O–H groups in total. The molecule has 0 radical (unpaired) electrons. The van der Waals surface area contributed by atoms with E-state index in [2.05, 4.69) is 39.0 Å². The highest BCUT2D eigenvalue weighted by molar-refractivity contribution is 5.39. The zero-order chi connectivity index (χ0) is 12.8. The Morgan fingerprint density at radius 3 is 2.47 bits per heavy atom. The fourth-order valence-corrected chi connectivity index (χ4v) is 1.92. The van der Waals surface area contributed by atoms with E-state index in [-0.39, 0.29) is 0 Å². The Hall–Kier alpha value is -1.02. The maximum atomic E-state index is 5.64. The Labute approximate surface area is 105 Å². The predicted molar refractivity (Wildman–Crippen MR) is 73.6 cm³/mol. The SMILES string of the molecule is COc1ccc(CCC(C)CN)cc1C(C)C. The average Bonchev–Trinajstić information content (AvgIpc) is 2.35. The van der Waals surface area contributed by atoms with Crippen molar-refractivity contribution in [2.24, 2.45) is 11.7 Å². The molecule has 0 fully saturated rings. The number of benzene rings is 1. The number of aryl methyl sites for hydroxylation is 1. The fraction of sp³-hybridized carbons (Fsp3) is 0.600. The summed E-state index contributed by atoms with van der Waals surface area (Å²) in [6.45, 7) is 7.37. The van der Waals surface area contributed by atoms with Gasteiger partial charge < -0.3 is 10.5 Å². The number of ether oxygens (including phenoxy) is 1. The molecule has 2 nitrogen and oxygen atoms in total. The molecule has 0 saturated carbocycles. The molecule has 0 spiro atoms. The molecule has 1 rings (SSSR count). The van der Waals surface area contributed by atoms with Gasteiger partial charge in [-0.15, -0.1) is 0 Å². The molecule has 1 atom stereocenters. The molecular weight excluding hydrogens is 210 g/mol. The molecule has 1 unspecified atom stereocenters. The van der Waals surface area contributed by atoms with Crippen LogP contribution in [0.3, 0.4) is 0 Å². The molecule has 1 aromatic carbocycles. The first-order chi connectivity index (χ1) is 8.08. The second-order valence-electron chi connectivity index (χ2n) is 5.11. The third-order valence-electron chi connectivity index (χ3n) is 3.24. The van der Waals surface area contributed by atoms with Crippen molar-refractivity contribution in [1.82, 2.24) is 0 Å². The van der Waals surface area contributed by atoms with E-state index in [1.54, 1.807) is 7.11 Å². The fourth-order valence-electron chi connectivity index (χ4n) is 1.92. The van der Waals surface area contributed by atoms with Gasteiger partial charge in [0.2, 0.25) is 0 Å². The lowest BCUT2D eigenvalue weighted by molar-refractivity contribution is 0.407. The van der Waals surface area contributed by atoms with Crippen molar-refractivity contribution in [3.8, 4) is 5.75 Å². The summed E-state index contributed by atoms with van der Waals surface area (Å²) in [5.41, 5.74) is 8.32. The number of hydrogen-bond acceptors (Lipinski definition) is 2. The first kappa shape index (κ1) is 14.0. The van der Waals surface area contributed by atoms with Gasteiger partial charge in [0.15, 0.2) is 0 Å².